The third-order valence-electron chi connectivity index (χ3n) is 4.33. The van der Waals surface area contributed by atoms with E-state index in [4.69, 9.17) is 9.47 Å². The van der Waals surface area contributed by atoms with Crippen LogP contribution in [-0.4, -0.2) is 34.9 Å². The number of ether oxygens (including phenoxy) is 2. The van der Waals surface area contributed by atoms with E-state index in [-0.39, 0.29) is 11.9 Å². The number of hydrogen-bond acceptors (Lipinski definition) is 5. The van der Waals surface area contributed by atoms with E-state index in [2.05, 4.69) is 10.1 Å². The summed E-state index contributed by atoms with van der Waals surface area (Å²) in [7, 11) is 3.07. The van der Waals surface area contributed by atoms with Gasteiger partial charge in [0.2, 0.25) is 0 Å². The molecule has 0 aliphatic carbocycles. The molecule has 3 aromatic carbocycles. The van der Waals surface area contributed by atoms with E-state index < -0.39 is 0 Å². The molecular formula is C21H17N3O3. The van der Waals surface area contributed by atoms with Crippen molar-refractivity contribution in [3.05, 3.63) is 72.3 Å². The van der Waals surface area contributed by atoms with E-state index in [1.807, 2.05) is 60.7 Å². The number of methoxy groups -OCH3 is 2. The Balaban J connectivity index is 1.85. The number of rotatable bonds is 4. The number of nitrogens with zero attached hydrogens (tertiary/aromatic N) is 3. The van der Waals surface area contributed by atoms with Crippen molar-refractivity contribution in [1.29, 1.82) is 0 Å². The first-order valence-electron chi connectivity index (χ1n) is 8.39. The van der Waals surface area contributed by atoms with Gasteiger partial charge in [-0.1, -0.05) is 36.4 Å². The molecule has 0 aliphatic heterocycles. The Morgan fingerprint density at radius 1 is 0.889 bits per heavy atom. The first-order valence-corrected chi connectivity index (χ1v) is 8.39. The Morgan fingerprint density at radius 2 is 1.63 bits per heavy atom. The van der Waals surface area contributed by atoms with Gasteiger partial charge in [-0.3, -0.25) is 4.79 Å². The maximum Gasteiger partial charge on any atom is 0.336 e. The van der Waals surface area contributed by atoms with Crippen LogP contribution in [-0.2, 0) is 0 Å². The zero-order valence-corrected chi connectivity index (χ0v) is 14.9. The molecule has 0 atom stereocenters. The lowest BCUT2D eigenvalue weighted by Crippen LogP contribution is -2.15. The molecule has 134 valence electrons. The SMILES string of the molecule is COc1ccc(-c2nc(OC)nn2C(=O)c2cccc3ccccc23)cc1. The highest BCUT2D eigenvalue weighted by atomic mass is 16.5. The highest BCUT2D eigenvalue weighted by molar-refractivity contribution is 6.08. The minimum atomic E-state index is -0.270. The van der Waals surface area contributed by atoms with Crippen molar-refractivity contribution in [2.45, 2.75) is 0 Å². The monoisotopic (exact) mass is 359 g/mol. The van der Waals surface area contributed by atoms with Crippen molar-refractivity contribution in [3.8, 4) is 23.1 Å². The molecule has 1 heterocycles. The van der Waals surface area contributed by atoms with Crippen LogP contribution in [0, 0.1) is 0 Å². The molecule has 4 aromatic rings. The standard InChI is InChI=1S/C21H17N3O3/c1-26-16-12-10-15(11-13-16)19-22-21(27-2)23-24(19)20(25)18-9-5-7-14-6-3-4-8-17(14)18/h3-13H,1-2H3. The van der Waals surface area contributed by atoms with Gasteiger partial charge in [0.05, 0.1) is 14.2 Å². The molecule has 0 radical (unpaired) electrons. The fourth-order valence-electron chi connectivity index (χ4n) is 2.97. The lowest BCUT2D eigenvalue weighted by atomic mass is 10.0. The second-order valence-corrected chi connectivity index (χ2v) is 5.89. The summed E-state index contributed by atoms with van der Waals surface area (Å²) in [5.74, 6) is 0.859. The molecular weight excluding hydrogens is 342 g/mol. The molecule has 27 heavy (non-hydrogen) atoms. The van der Waals surface area contributed by atoms with Crippen molar-refractivity contribution in [1.82, 2.24) is 14.8 Å². The molecule has 4 rings (SSSR count). The Bertz CT molecular complexity index is 1110. The van der Waals surface area contributed by atoms with E-state index in [9.17, 15) is 4.79 Å². The van der Waals surface area contributed by atoms with Crippen molar-refractivity contribution >= 4 is 16.7 Å². The molecule has 0 saturated carbocycles. The number of carbonyl (C=O) groups excluding carboxylic acids is 1. The lowest BCUT2D eigenvalue weighted by Gasteiger charge is -2.08. The highest BCUT2D eigenvalue weighted by Crippen LogP contribution is 2.25. The number of fused-ring (bicyclic) bond motifs is 1. The summed E-state index contributed by atoms with van der Waals surface area (Å²) in [5.41, 5.74) is 1.29. The van der Waals surface area contributed by atoms with Gasteiger partial charge in [-0.15, -0.1) is 5.10 Å². The topological polar surface area (TPSA) is 66.2 Å². The smallest absolute Gasteiger partial charge is 0.336 e. The van der Waals surface area contributed by atoms with Gasteiger partial charge in [0.15, 0.2) is 5.82 Å². The molecule has 6 nitrogen and oxygen atoms in total. The predicted molar refractivity (Wildman–Crippen MR) is 102 cm³/mol. The number of hydrogen-bond donors (Lipinski definition) is 0. The maximum atomic E-state index is 13.3. The highest BCUT2D eigenvalue weighted by Gasteiger charge is 2.21. The van der Waals surface area contributed by atoms with Gasteiger partial charge in [-0.05, 0) is 41.1 Å². The van der Waals surface area contributed by atoms with Gasteiger partial charge >= 0.3 is 6.01 Å². The summed E-state index contributed by atoms with van der Waals surface area (Å²) < 4.78 is 11.6. The second kappa shape index (κ2) is 6.92. The van der Waals surface area contributed by atoms with E-state index in [1.165, 1.54) is 11.8 Å². The Hall–Kier alpha value is -3.67. The van der Waals surface area contributed by atoms with E-state index in [0.29, 0.717) is 11.4 Å². The van der Waals surface area contributed by atoms with Gasteiger partial charge in [0.1, 0.15) is 5.75 Å². The van der Waals surface area contributed by atoms with Gasteiger partial charge in [-0.2, -0.15) is 9.67 Å². The molecule has 0 aliphatic rings. The van der Waals surface area contributed by atoms with Crippen molar-refractivity contribution in [3.63, 3.8) is 0 Å². The Morgan fingerprint density at radius 3 is 2.37 bits per heavy atom. The van der Waals surface area contributed by atoms with Gasteiger partial charge in [-0.25, -0.2) is 0 Å². The molecule has 0 N–H and O–H groups in total. The first-order chi connectivity index (χ1) is 13.2. The van der Waals surface area contributed by atoms with Gasteiger partial charge in [0, 0.05) is 11.1 Å². The minimum absolute atomic E-state index is 0.134. The zero-order chi connectivity index (χ0) is 18.8. The largest absolute Gasteiger partial charge is 0.497 e. The summed E-state index contributed by atoms with van der Waals surface area (Å²) in [6, 6.07) is 20.8. The van der Waals surface area contributed by atoms with Crippen LogP contribution in [0.2, 0.25) is 0 Å². The number of carbonyl (C=O) groups is 1. The molecule has 0 bridgehead atoms. The second-order valence-electron chi connectivity index (χ2n) is 5.89. The van der Waals surface area contributed by atoms with E-state index in [1.54, 1.807) is 13.2 Å². The lowest BCUT2D eigenvalue weighted by molar-refractivity contribution is 0.0947. The fourth-order valence-corrected chi connectivity index (χ4v) is 2.97. The summed E-state index contributed by atoms with van der Waals surface area (Å²) in [6.07, 6.45) is 0. The average Bonchev–Trinajstić information content (AvgIpc) is 3.17. The van der Waals surface area contributed by atoms with Crippen LogP contribution in [0.15, 0.2) is 66.7 Å². The number of benzene rings is 3. The van der Waals surface area contributed by atoms with E-state index in [0.717, 1.165) is 22.1 Å². The normalized spacial score (nSPS) is 10.7. The molecule has 6 heteroatoms. The van der Waals surface area contributed by atoms with Gasteiger partial charge in [0.25, 0.3) is 5.91 Å². The molecule has 0 amide bonds. The van der Waals surface area contributed by atoms with Crippen molar-refractivity contribution in [2.75, 3.05) is 14.2 Å². The van der Waals surface area contributed by atoms with E-state index >= 15 is 0 Å². The minimum Gasteiger partial charge on any atom is -0.497 e. The van der Waals surface area contributed by atoms with Gasteiger partial charge < -0.3 is 9.47 Å². The predicted octanol–water partition coefficient (Wildman–Crippen LogP) is 3.80. The van der Waals surface area contributed by atoms with Crippen LogP contribution in [0.25, 0.3) is 22.2 Å². The summed E-state index contributed by atoms with van der Waals surface area (Å²) in [5, 5.41) is 6.08. The molecule has 0 unspecified atom stereocenters. The molecule has 1 aromatic heterocycles. The van der Waals surface area contributed by atoms with Crippen molar-refractivity contribution in [2.24, 2.45) is 0 Å². The maximum absolute atomic E-state index is 13.3. The van der Waals surface area contributed by atoms with Crippen LogP contribution in [0.5, 0.6) is 11.8 Å². The fraction of sp³-hybridized carbons (Fsp3) is 0.0952. The van der Waals surface area contributed by atoms with Crippen LogP contribution < -0.4 is 9.47 Å². The summed E-state index contributed by atoms with van der Waals surface area (Å²) in [6.45, 7) is 0. The van der Waals surface area contributed by atoms with Crippen LogP contribution >= 0.6 is 0 Å². The first kappa shape index (κ1) is 16.8. The Labute approximate surface area is 156 Å². The number of aromatic nitrogens is 3. The van der Waals surface area contributed by atoms with Crippen LogP contribution in [0.4, 0.5) is 0 Å². The summed E-state index contributed by atoms with van der Waals surface area (Å²) in [4.78, 5) is 17.6. The summed E-state index contributed by atoms with van der Waals surface area (Å²) >= 11 is 0. The Kier molecular flexibility index (Phi) is 4.30. The van der Waals surface area contributed by atoms with Crippen LogP contribution in [0.1, 0.15) is 10.4 Å². The molecule has 0 saturated heterocycles. The zero-order valence-electron chi connectivity index (χ0n) is 14.9. The quantitative estimate of drug-likeness (QED) is 0.554. The molecule has 0 fully saturated rings. The van der Waals surface area contributed by atoms with Crippen molar-refractivity contribution < 1.29 is 14.3 Å². The van der Waals surface area contributed by atoms with Crippen LogP contribution in [0.3, 0.4) is 0 Å². The third kappa shape index (κ3) is 3.01. The third-order valence-corrected chi connectivity index (χ3v) is 4.33. The molecule has 0 spiro atoms. The average molecular weight is 359 g/mol.